The van der Waals surface area contributed by atoms with Gasteiger partial charge >= 0.3 is 5.97 Å². The van der Waals surface area contributed by atoms with Crippen LogP contribution in [0.1, 0.15) is 74.0 Å². The van der Waals surface area contributed by atoms with Crippen LogP contribution in [0.5, 0.6) is 0 Å². The topological polar surface area (TPSA) is 75.4 Å². The summed E-state index contributed by atoms with van der Waals surface area (Å²) in [5.74, 6) is 0.0259. The molecule has 0 saturated heterocycles. The van der Waals surface area contributed by atoms with Crippen LogP contribution >= 0.6 is 11.6 Å². The van der Waals surface area contributed by atoms with Crippen molar-refractivity contribution in [2.75, 3.05) is 0 Å². The Labute approximate surface area is 171 Å². The van der Waals surface area contributed by atoms with Gasteiger partial charge in [0.1, 0.15) is 5.82 Å². The minimum Gasteiger partial charge on any atom is -0.481 e. The fourth-order valence-electron chi connectivity index (χ4n) is 4.25. The summed E-state index contributed by atoms with van der Waals surface area (Å²) in [5, 5.41) is 19.6. The third-order valence-corrected chi connectivity index (χ3v) is 6.14. The fraction of sp³-hybridized carbons (Fsp3) is 0.545. The number of carboxylic acid groups (broad SMARTS) is 1. The number of nitrogens with zero attached hydrogens (tertiary/aromatic N) is 2. The number of hydrogen-bond acceptors (Lipinski definition) is 3. The minimum absolute atomic E-state index is 0.0936. The molecular formula is C22H29ClN2O3. The van der Waals surface area contributed by atoms with E-state index in [0.717, 1.165) is 61.9 Å². The minimum atomic E-state index is -0.685. The molecule has 2 N–H and O–H groups in total. The van der Waals surface area contributed by atoms with Gasteiger partial charge < -0.3 is 14.8 Å². The van der Waals surface area contributed by atoms with Crippen molar-refractivity contribution in [2.24, 2.45) is 5.92 Å². The van der Waals surface area contributed by atoms with Crippen molar-refractivity contribution in [3.63, 3.8) is 0 Å². The number of aromatic nitrogens is 2. The first-order valence-corrected chi connectivity index (χ1v) is 10.6. The molecule has 0 amide bonds. The molecule has 1 fully saturated rings. The third kappa shape index (κ3) is 4.58. The molecule has 3 rings (SSSR count). The first-order valence-electron chi connectivity index (χ1n) is 10.2. The van der Waals surface area contributed by atoms with Crippen LogP contribution in [-0.2, 0) is 24.4 Å². The number of hydrogen-bond donors (Lipinski definition) is 2. The van der Waals surface area contributed by atoms with Crippen LogP contribution in [0.25, 0.3) is 0 Å². The summed E-state index contributed by atoms with van der Waals surface area (Å²) in [4.78, 5) is 16.0. The lowest BCUT2D eigenvalue weighted by Gasteiger charge is -2.29. The summed E-state index contributed by atoms with van der Waals surface area (Å²) in [6, 6.07) is 8.23. The number of aliphatic hydroxyl groups excluding tert-OH is 1. The van der Waals surface area contributed by atoms with Crippen molar-refractivity contribution in [1.29, 1.82) is 0 Å². The molecule has 0 spiro atoms. The Hall–Kier alpha value is -1.85. The Morgan fingerprint density at radius 1 is 1.25 bits per heavy atom. The van der Waals surface area contributed by atoms with E-state index >= 15 is 0 Å². The molecule has 28 heavy (non-hydrogen) atoms. The van der Waals surface area contributed by atoms with E-state index in [9.17, 15) is 15.0 Å². The lowest BCUT2D eigenvalue weighted by Crippen LogP contribution is -2.25. The van der Waals surface area contributed by atoms with E-state index in [2.05, 4.69) is 36.2 Å². The molecule has 1 aliphatic carbocycles. The van der Waals surface area contributed by atoms with Crippen molar-refractivity contribution in [2.45, 2.75) is 70.9 Å². The molecule has 0 aliphatic heterocycles. The van der Waals surface area contributed by atoms with Gasteiger partial charge in [0.2, 0.25) is 0 Å². The second kappa shape index (κ2) is 9.57. The Kier molecular flexibility index (Phi) is 7.13. The van der Waals surface area contributed by atoms with Gasteiger partial charge in [-0.2, -0.15) is 0 Å². The predicted molar refractivity (Wildman–Crippen MR) is 110 cm³/mol. The number of aliphatic carboxylic acids is 1. The monoisotopic (exact) mass is 404 g/mol. The van der Waals surface area contributed by atoms with E-state index < -0.39 is 5.97 Å². The Morgan fingerprint density at radius 2 is 1.96 bits per heavy atom. The van der Waals surface area contributed by atoms with Gasteiger partial charge in [-0.3, -0.25) is 4.79 Å². The van der Waals surface area contributed by atoms with Crippen molar-refractivity contribution in [3.8, 4) is 0 Å². The Morgan fingerprint density at radius 3 is 2.61 bits per heavy atom. The van der Waals surface area contributed by atoms with Crippen LogP contribution in [0.3, 0.4) is 0 Å². The second-order valence-electron chi connectivity index (χ2n) is 7.69. The number of imidazole rings is 1. The normalized spacial score (nSPS) is 19.7. The zero-order valence-electron chi connectivity index (χ0n) is 16.4. The van der Waals surface area contributed by atoms with E-state index in [1.807, 2.05) is 4.57 Å². The highest BCUT2D eigenvalue weighted by molar-refractivity contribution is 6.30. The predicted octanol–water partition coefficient (Wildman–Crippen LogP) is 4.78. The number of aryl methyl sites for hydroxylation is 1. The highest BCUT2D eigenvalue weighted by Gasteiger charge is 2.31. The highest BCUT2D eigenvalue weighted by Crippen LogP contribution is 2.38. The molecule has 6 heteroatoms. The average molecular weight is 405 g/mol. The third-order valence-electron chi connectivity index (χ3n) is 5.84. The maximum atomic E-state index is 11.6. The molecule has 152 valence electrons. The number of rotatable bonds is 8. The van der Waals surface area contributed by atoms with Crippen molar-refractivity contribution >= 4 is 17.6 Å². The fourth-order valence-corrected chi connectivity index (χ4v) is 4.51. The maximum Gasteiger partial charge on any atom is 0.307 e. The lowest BCUT2D eigenvalue weighted by atomic mass is 9.75. The zero-order valence-corrected chi connectivity index (χ0v) is 17.2. The standard InChI is InChI=1S/C22H29ClN2O3/c1-2-3-8-20-24-21(23)19(14-26)25(20)13-15-9-11-16(12-10-15)17-6-4-5-7-18(17)22(27)28/h9-12,17-18,26H,2-8,13-14H2,1H3,(H,27,28)/t17-,18+/m0/s1. The summed E-state index contributed by atoms with van der Waals surface area (Å²) >= 11 is 6.22. The van der Waals surface area contributed by atoms with Crippen LogP contribution in [0.2, 0.25) is 5.15 Å². The van der Waals surface area contributed by atoms with Gasteiger partial charge in [-0.1, -0.05) is 62.1 Å². The quantitative estimate of drug-likeness (QED) is 0.664. The average Bonchev–Trinajstić information content (AvgIpc) is 3.01. The summed E-state index contributed by atoms with van der Waals surface area (Å²) in [6.07, 6.45) is 6.70. The number of halogens is 1. The SMILES string of the molecule is CCCCc1nc(Cl)c(CO)n1Cc1ccc([C@@H]2CCCC[C@H]2C(=O)O)cc1. The smallest absolute Gasteiger partial charge is 0.307 e. The van der Waals surface area contributed by atoms with E-state index in [1.165, 1.54) is 0 Å². The van der Waals surface area contributed by atoms with Crippen molar-refractivity contribution in [1.82, 2.24) is 9.55 Å². The molecule has 1 heterocycles. The van der Waals surface area contributed by atoms with E-state index in [-0.39, 0.29) is 18.4 Å². The van der Waals surface area contributed by atoms with Crippen LogP contribution in [0, 0.1) is 5.92 Å². The van der Waals surface area contributed by atoms with Gasteiger partial charge in [-0.05, 0) is 36.3 Å². The summed E-state index contributed by atoms with van der Waals surface area (Å²) < 4.78 is 2.01. The Bertz CT molecular complexity index is 801. The van der Waals surface area contributed by atoms with Crippen LogP contribution in [-0.4, -0.2) is 25.7 Å². The summed E-state index contributed by atoms with van der Waals surface area (Å²) in [5.41, 5.74) is 2.84. The van der Waals surface area contributed by atoms with Gasteiger partial charge in [0, 0.05) is 13.0 Å². The molecule has 1 aromatic carbocycles. The molecule has 0 unspecified atom stereocenters. The van der Waals surface area contributed by atoms with Gasteiger partial charge in [0.25, 0.3) is 0 Å². The number of aliphatic hydroxyl groups is 1. The highest BCUT2D eigenvalue weighted by atomic mass is 35.5. The Balaban J connectivity index is 1.80. The molecule has 1 aliphatic rings. The van der Waals surface area contributed by atoms with E-state index in [1.54, 1.807) is 0 Å². The van der Waals surface area contributed by atoms with E-state index in [4.69, 9.17) is 11.6 Å². The summed E-state index contributed by atoms with van der Waals surface area (Å²) in [6.45, 7) is 2.59. The number of unbranched alkanes of at least 4 members (excludes halogenated alkanes) is 1. The summed E-state index contributed by atoms with van der Waals surface area (Å²) in [7, 11) is 0. The van der Waals surface area contributed by atoms with Crippen molar-refractivity contribution in [3.05, 3.63) is 52.1 Å². The molecule has 1 aromatic heterocycles. The van der Waals surface area contributed by atoms with Crippen LogP contribution in [0.4, 0.5) is 0 Å². The molecular weight excluding hydrogens is 376 g/mol. The van der Waals surface area contributed by atoms with Gasteiger partial charge in [-0.25, -0.2) is 4.98 Å². The lowest BCUT2D eigenvalue weighted by molar-refractivity contribution is -0.143. The van der Waals surface area contributed by atoms with Crippen LogP contribution in [0.15, 0.2) is 24.3 Å². The number of carbonyl (C=O) groups is 1. The molecule has 2 aromatic rings. The van der Waals surface area contributed by atoms with Crippen LogP contribution < -0.4 is 0 Å². The first-order chi connectivity index (χ1) is 13.5. The molecule has 0 bridgehead atoms. The first kappa shape index (κ1) is 20.9. The van der Waals surface area contributed by atoms with Gasteiger partial charge in [0.05, 0.1) is 18.2 Å². The molecule has 5 nitrogen and oxygen atoms in total. The van der Waals surface area contributed by atoms with E-state index in [0.29, 0.717) is 17.4 Å². The molecule has 1 saturated carbocycles. The number of carboxylic acids is 1. The molecule has 0 radical (unpaired) electrons. The van der Waals surface area contributed by atoms with Crippen molar-refractivity contribution < 1.29 is 15.0 Å². The number of benzene rings is 1. The van der Waals surface area contributed by atoms with Gasteiger partial charge in [0.15, 0.2) is 5.15 Å². The largest absolute Gasteiger partial charge is 0.481 e. The van der Waals surface area contributed by atoms with Gasteiger partial charge in [-0.15, -0.1) is 0 Å². The molecule has 2 atom stereocenters. The second-order valence-corrected chi connectivity index (χ2v) is 8.05. The zero-order chi connectivity index (χ0) is 20.1. The maximum absolute atomic E-state index is 11.6.